The van der Waals surface area contributed by atoms with E-state index < -0.39 is 5.97 Å². The third-order valence-electron chi connectivity index (χ3n) is 3.98. The predicted molar refractivity (Wildman–Crippen MR) is 106 cm³/mol. The lowest BCUT2D eigenvalue weighted by Crippen LogP contribution is -2.13. The average molecular weight is 398 g/mol. The molecule has 0 bridgehead atoms. The molecule has 0 unspecified atom stereocenters. The fourth-order valence-electron chi connectivity index (χ4n) is 2.51. The van der Waals surface area contributed by atoms with Gasteiger partial charge in [-0.15, -0.1) is 11.3 Å². The Hall–Kier alpha value is -3.39. The smallest absolute Gasteiger partial charge is 0.337 e. The number of esters is 1. The largest absolute Gasteiger partial charge is 0.497 e. The van der Waals surface area contributed by atoms with Crippen molar-refractivity contribution < 1.29 is 23.8 Å². The molecule has 144 valence electrons. The first-order chi connectivity index (χ1) is 13.5. The summed E-state index contributed by atoms with van der Waals surface area (Å²) in [5.41, 5.74) is 2.32. The Labute approximate surface area is 165 Å². The van der Waals surface area contributed by atoms with Gasteiger partial charge < -0.3 is 14.2 Å². The van der Waals surface area contributed by atoms with Crippen molar-refractivity contribution >= 4 is 28.3 Å². The van der Waals surface area contributed by atoms with Crippen molar-refractivity contribution in [1.82, 2.24) is 4.98 Å². The summed E-state index contributed by atoms with van der Waals surface area (Å²) < 4.78 is 15.1. The maximum absolute atomic E-state index is 12.6. The van der Waals surface area contributed by atoms with Gasteiger partial charge in [0, 0.05) is 10.9 Å². The molecule has 7 nitrogen and oxygen atoms in total. The number of carbonyl (C=O) groups is 2. The third-order valence-corrected chi connectivity index (χ3v) is 4.74. The number of benzene rings is 2. The summed E-state index contributed by atoms with van der Waals surface area (Å²) in [5, 5.41) is 5.04. The lowest BCUT2D eigenvalue weighted by atomic mass is 10.1. The number of hydrogen-bond donors (Lipinski definition) is 1. The molecule has 1 amide bonds. The summed E-state index contributed by atoms with van der Waals surface area (Å²) in [6.45, 7) is 0. The highest BCUT2D eigenvalue weighted by Gasteiger charge is 2.16. The molecule has 0 spiro atoms. The van der Waals surface area contributed by atoms with Crippen LogP contribution < -0.4 is 14.8 Å². The van der Waals surface area contributed by atoms with Crippen LogP contribution in [-0.4, -0.2) is 38.2 Å². The van der Waals surface area contributed by atoms with E-state index in [1.165, 1.54) is 32.7 Å². The summed E-state index contributed by atoms with van der Waals surface area (Å²) in [7, 11) is 4.36. The Balaban J connectivity index is 1.78. The summed E-state index contributed by atoms with van der Waals surface area (Å²) in [4.78, 5) is 28.6. The molecule has 0 aliphatic heterocycles. The normalized spacial score (nSPS) is 10.2. The predicted octanol–water partition coefficient (Wildman–Crippen LogP) is 3.87. The molecule has 0 fully saturated rings. The van der Waals surface area contributed by atoms with Crippen molar-refractivity contribution in [3.05, 3.63) is 59.0 Å². The molecule has 3 rings (SSSR count). The highest BCUT2D eigenvalue weighted by atomic mass is 32.1. The van der Waals surface area contributed by atoms with Crippen LogP contribution in [0.3, 0.4) is 0 Å². The van der Waals surface area contributed by atoms with Crippen molar-refractivity contribution in [1.29, 1.82) is 0 Å². The lowest BCUT2D eigenvalue weighted by Gasteiger charge is -2.09. The molecular formula is C20H18N2O5S. The molecular weight excluding hydrogens is 380 g/mol. The standard InChI is InChI=1S/C20H18N2O5S/c1-25-14-8-9-17(26-2)15(10-14)18(23)22-20-21-16(11-28-20)12-4-6-13(7-5-12)19(24)27-3/h4-11H,1-3H3,(H,21,22,23). The number of amides is 1. The second-order valence-corrected chi connectivity index (χ2v) is 6.49. The molecule has 0 atom stereocenters. The van der Waals surface area contributed by atoms with Gasteiger partial charge in [-0.3, -0.25) is 10.1 Å². The Kier molecular flexibility index (Phi) is 5.90. The summed E-state index contributed by atoms with van der Waals surface area (Å²) in [5.74, 6) is 0.243. The molecule has 0 aliphatic carbocycles. The maximum atomic E-state index is 12.6. The zero-order valence-electron chi connectivity index (χ0n) is 15.5. The molecule has 1 heterocycles. The summed E-state index contributed by atoms with van der Waals surface area (Å²) in [6, 6.07) is 11.9. The number of nitrogens with one attached hydrogen (secondary N) is 1. The number of carbonyl (C=O) groups excluding carboxylic acids is 2. The quantitative estimate of drug-likeness (QED) is 0.635. The Bertz CT molecular complexity index is 998. The van der Waals surface area contributed by atoms with E-state index in [0.717, 1.165) is 5.56 Å². The molecule has 8 heteroatoms. The van der Waals surface area contributed by atoms with Crippen molar-refractivity contribution in [2.75, 3.05) is 26.6 Å². The molecule has 3 aromatic rings. The van der Waals surface area contributed by atoms with Crippen LogP contribution in [0.25, 0.3) is 11.3 Å². The van der Waals surface area contributed by atoms with E-state index in [0.29, 0.717) is 33.5 Å². The minimum atomic E-state index is -0.398. The van der Waals surface area contributed by atoms with Crippen LogP contribution >= 0.6 is 11.3 Å². The van der Waals surface area contributed by atoms with Gasteiger partial charge in [-0.2, -0.15) is 0 Å². The fraction of sp³-hybridized carbons (Fsp3) is 0.150. The van der Waals surface area contributed by atoms with Crippen molar-refractivity contribution in [2.24, 2.45) is 0 Å². The number of aromatic nitrogens is 1. The molecule has 0 aliphatic rings. The first kappa shape index (κ1) is 19.4. The number of anilines is 1. The number of rotatable bonds is 6. The van der Waals surface area contributed by atoms with Gasteiger partial charge >= 0.3 is 5.97 Å². The summed E-state index contributed by atoms with van der Waals surface area (Å²) >= 11 is 1.30. The van der Waals surface area contributed by atoms with Crippen LogP contribution in [0.1, 0.15) is 20.7 Å². The van der Waals surface area contributed by atoms with Crippen LogP contribution in [0.2, 0.25) is 0 Å². The van der Waals surface area contributed by atoms with Gasteiger partial charge in [-0.25, -0.2) is 9.78 Å². The Morgan fingerprint density at radius 1 is 1.00 bits per heavy atom. The number of methoxy groups -OCH3 is 3. The van der Waals surface area contributed by atoms with Crippen molar-refractivity contribution in [2.45, 2.75) is 0 Å². The molecule has 28 heavy (non-hydrogen) atoms. The Morgan fingerprint density at radius 3 is 2.39 bits per heavy atom. The van der Waals surface area contributed by atoms with E-state index in [2.05, 4.69) is 15.0 Å². The van der Waals surface area contributed by atoms with Crippen molar-refractivity contribution in [3.63, 3.8) is 0 Å². The second kappa shape index (κ2) is 8.53. The maximum Gasteiger partial charge on any atom is 0.337 e. The third kappa shape index (κ3) is 4.12. The molecule has 1 aromatic heterocycles. The Morgan fingerprint density at radius 2 is 1.75 bits per heavy atom. The van der Waals surface area contributed by atoms with Gasteiger partial charge in [-0.1, -0.05) is 12.1 Å². The van der Waals surface area contributed by atoms with Crippen LogP contribution in [0, 0.1) is 0 Å². The molecule has 1 N–H and O–H groups in total. The molecule has 0 saturated heterocycles. The first-order valence-electron chi connectivity index (χ1n) is 8.23. The number of hydrogen-bond acceptors (Lipinski definition) is 7. The zero-order valence-corrected chi connectivity index (χ0v) is 16.3. The highest BCUT2D eigenvalue weighted by Crippen LogP contribution is 2.28. The van der Waals surface area contributed by atoms with Gasteiger partial charge in [0.25, 0.3) is 5.91 Å². The average Bonchev–Trinajstić information content (AvgIpc) is 3.21. The number of thiazole rings is 1. The van der Waals surface area contributed by atoms with E-state index >= 15 is 0 Å². The van der Waals surface area contributed by atoms with Crippen LogP contribution in [0.15, 0.2) is 47.8 Å². The fourth-order valence-corrected chi connectivity index (χ4v) is 3.23. The first-order valence-corrected chi connectivity index (χ1v) is 9.11. The van der Waals surface area contributed by atoms with Gasteiger partial charge in [0.05, 0.1) is 38.2 Å². The highest BCUT2D eigenvalue weighted by molar-refractivity contribution is 7.14. The summed E-state index contributed by atoms with van der Waals surface area (Å²) in [6.07, 6.45) is 0. The van der Waals surface area contributed by atoms with Crippen LogP contribution in [-0.2, 0) is 4.74 Å². The van der Waals surface area contributed by atoms with Gasteiger partial charge in [-0.05, 0) is 30.3 Å². The lowest BCUT2D eigenvalue weighted by molar-refractivity contribution is 0.0600. The van der Waals surface area contributed by atoms with Crippen LogP contribution in [0.5, 0.6) is 11.5 Å². The number of ether oxygens (including phenoxy) is 3. The van der Waals surface area contributed by atoms with Gasteiger partial charge in [0.1, 0.15) is 11.5 Å². The second-order valence-electron chi connectivity index (χ2n) is 5.63. The molecule has 0 saturated carbocycles. The van der Waals surface area contributed by atoms with E-state index in [9.17, 15) is 9.59 Å². The van der Waals surface area contributed by atoms with Crippen LogP contribution in [0.4, 0.5) is 5.13 Å². The monoisotopic (exact) mass is 398 g/mol. The van der Waals surface area contributed by atoms with E-state index in [1.807, 2.05) is 5.38 Å². The minimum absolute atomic E-state index is 0.348. The molecule has 2 aromatic carbocycles. The van der Waals surface area contributed by atoms with E-state index in [1.54, 1.807) is 42.5 Å². The van der Waals surface area contributed by atoms with Gasteiger partial charge in [0.15, 0.2) is 5.13 Å². The zero-order chi connectivity index (χ0) is 20.1. The molecule has 0 radical (unpaired) electrons. The van der Waals surface area contributed by atoms with E-state index in [4.69, 9.17) is 9.47 Å². The van der Waals surface area contributed by atoms with Gasteiger partial charge in [0.2, 0.25) is 0 Å². The topological polar surface area (TPSA) is 86.8 Å². The van der Waals surface area contributed by atoms with Crippen molar-refractivity contribution in [3.8, 4) is 22.8 Å². The van der Waals surface area contributed by atoms with E-state index in [-0.39, 0.29) is 5.91 Å². The SMILES string of the molecule is COC(=O)c1ccc(-c2csc(NC(=O)c3cc(OC)ccc3OC)n2)cc1. The number of nitrogens with zero attached hydrogens (tertiary/aromatic N) is 1. The minimum Gasteiger partial charge on any atom is -0.497 e.